The Morgan fingerprint density at radius 1 is 0.865 bits per heavy atom. The average Bonchev–Trinajstić information content (AvgIpc) is 3.20. The van der Waals surface area contributed by atoms with Crippen LogP contribution >= 0.6 is 0 Å². The number of hydrogen-bond donors (Lipinski definition) is 0. The van der Waals surface area contributed by atoms with Crippen LogP contribution in [0.15, 0.2) is 54.9 Å². The largest absolute Gasteiger partial charge is 0.307 e. The molecule has 4 aromatic carbocycles. The van der Waals surface area contributed by atoms with E-state index in [-0.39, 0.29) is 5.41 Å². The molecule has 0 N–H and O–H groups in total. The van der Waals surface area contributed by atoms with Crippen molar-refractivity contribution in [2.75, 3.05) is 0 Å². The molecule has 0 unspecified atom stereocenters. The predicted molar refractivity (Wildman–Crippen MR) is 154 cm³/mol. The van der Waals surface area contributed by atoms with Gasteiger partial charge in [0.1, 0.15) is 5.52 Å². The smallest absolute Gasteiger partial charge is 0.287 e. The minimum Gasteiger partial charge on any atom is -0.307 e. The van der Waals surface area contributed by atoms with Crippen molar-refractivity contribution in [3.63, 3.8) is 0 Å². The topological polar surface area (TPSA) is 25.5 Å². The molecule has 7 aromatic rings. The van der Waals surface area contributed by atoms with Crippen molar-refractivity contribution in [1.82, 2.24) is 9.38 Å². The van der Waals surface area contributed by atoms with Crippen LogP contribution in [-0.4, -0.2) is 9.38 Å². The summed E-state index contributed by atoms with van der Waals surface area (Å²) in [6.45, 7) is 19.0. The van der Waals surface area contributed by atoms with E-state index in [2.05, 4.69) is 91.9 Å². The zero-order valence-electron chi connectivity index (χ0n) is 22.2. The highest BCUT2D eigenvalue weighted by atomic mass is 15.0. The standard InChI is InChI=1S/C33H29N4/c1-18-24-14-20(16-33(3,4)5)8-10-22(24)19(2)30-28(18)32-29-26(35-17-36(32)7)12-11-23-25-15-21(34-6)9-13-27(25)37(30)31(23)29/h8-15,17H,16H2,1-5,7H3/q+1. The minimum atomic E-state index is 0.229. The molecule has 0 atom stereocenters. The molecular formula is C33H29N4+. The summed E-state index contributed by atoms with van der Waals surface area (Å²) < 4.78 is 4.62. The van der Waals surface area contributed by atoms with Gasteiger partial charge in [0, 0.05) is 5.39 Å². The van der Waals surface area contributed by atoms with E-state index >= 15 is 0 Å². The van der Waals surface area contributed by atoms with Crippen molar-refractivity contribution >= 4 is 65.6 Å². The second-order valence-electron chi connectivity index (χ2n) is 11.8. The first kappa shape index (κ1) is 22.0. The first-order valence-corrected chi connectivity index (χ1v) is 12.9. The van der Waals surface area contributed by atoms with E-state index in [0.29, 0.717) is 5.69 Å². The van der Waals surface area contributed by atoms with Gasteiger partial charge in [0.2, 0.25) is 0 Å². The zero-order valence-corrected chi connectivity index (χ0v) is 22.2. The molecule has 0 fully saturated rings. The van der Waals surface area contributed by atoms with Crippen molar-refractivity contribution in [2.45, 2.75) is 41.0 Å². The molecule has 0 saturated heterocycles. The third-order valence-corrected chi connectivity index (χ3v) is 8.03. The number of fused-ring (bicyclic) bond motifs is 7. The number of pyridine rings is 1. The molecule has 0 spiro atoms. The Balaban J connectivity index is 1.80. The Labute approximate surface area is 215 Å². The molecule has 0 bridgehead atoms. The summed E-state index contributed by atoms with van der Waals surface area (Å²) in [6.07, 6.45) is 2.98. The Morgan fingerprint density at radius 2 is 1.65 bits per heavy atom. The second kappa shape index (κ2) is 7.17. The maximum absolute atomic E-state index is 7.59. The lowest BCUT2D eigenvalue weighted by Gasteiger charge is -2.20. The molecule has 7 rings (SSSR count). The minimum absolute atomic E-state index is 0.229. The van der Waals surface area contributed by atoms with Crippen molar-refractivity contribution in [3.05, 3.63) is 83.0 Å². The van der Waals surface area contributed by atoms with Crippen LogP contribution in [0, 0.1) is 25.8 Å². The highest BCUT2D eigenvalue weighted by molar-refractivity contribution is 6.28. The van der Waals surface area contributed by atoms with Gasteiger partial charge >= 0.3 is 0 Å². The molecule has 0 radical (unpaired) electrons. The van der Waals surface area contributed by atoms with Crippen LogP contribution < -0.4 is 4.57 Å². The Morgan fingerprint density at radius 3 is 2.41 bits per heavy atom. The lowest BCUT2D eigenvalue weighted by Crippen LogP contribution is -2.30. The number of rotatable bonds is 1. The van der Waals surface area contributed by atoms with E-state index in [4.69, 9.17) is 11.6 Å². The molecule has 3 heterocycles. The zero-order chi connectivity index (χ0) is 25.8. The van der Waals surface area contributed by atoms with Gasteiger partial charge in [0.15, 0.2) is 11.2 Å². The highest BCUT2D eigenvalue weighted by Crippen LogP contribution is 2.44. The fraction of sp³-hybridized carbons (Fsp3) is 0.242. The quantitative estimate of drug-likeness (QED) is 0.101. The summed E-state index contributed by atoms with van der Waals surface area (Å²) in [5.41, 5.74) is 10.6. The summed E-state index contributed by atoms with van der Waals surface area (Å²) in [5.74, 6) is 0. The van der Waals surface area contributed by atoms with E-state index in [0.717, 1.165) is 22.8 Å². The first-order valence-electron chi connectivity index (χ1n) is 12.9. The van der Waals surface area contributed by atoms with Gasteiger partial charge in [-0.3, -0.25) is 0 Å². The molecule has 0 aliphatic rings. The Bertz CT molecular complexity index is 2130. The van der Waals surface area contributed by atoms with Crippen LogP contribution in [0.5, 0.6) is 0 Å². The molecule has 4 heteroatoms. The van der Waals surface area contributed by atoms with Crippen LogP contribution in [0.1, 0.15) is 37.5 Å². The van der Waals surface area contributed by atoms with Crippen LogP contribution in [-0.2, 0) is 13.5 Å². The lowest BCUT2D eigenvalue weighted by molar-refractivity contribution is -0.646. The van der Waals surface area contributed by atoms with Gasteiger partial charge in [-0.2, -0.15) is 0 Å². The maximum atomic E-state index is 7.59. The van der Waals surface area contributed by atoms with E-state index < -0.39 is 0 Å². The summed E-state index contributed by atoms with van der Waals surface area (Å²) in [6, 6.07) is 17.4. The fourth-order valence-electron chi connectivity index (χ4n) is 6.56. The Kier molecular flexibility index (Phi) is 4.26. The summed E-state index contributed by atoms with van der Waals surface area (Å²) in [5, 5.41) is 7.38. The number of aromatic nitrogens is 3. The highest BCUT2D eigenvalue weighted by Gasteiger charge is 2.26. The van der Waals surface area contributed by atoms with Crippen LogP contribution in [0.3, 0.4) is 0 Å². The number of hydrogen-bond acceptors (Lipinski definition) is 1. The number of nitrogens with zero attached hydrogens (tertiary/aromatic N) is 4. The molecule has 0 saturated carbocycles. The summed E-state index contributed by atoms with van der Waals surface area (Å²) >= 11 is 0. The van der Waals surface area contributed by atoms with Gasteiger partial charge in [0.25, 0.3) is 6.33 Å². The number of aryl methyl sites for hydroxylation is 3. The molecule has 3 aromatic heterocycles. The monoisotopic (exact) mass is 481 g/mol. The van der Waals surface area contributed by atoms with Crippen molar-refractivity contribution < 1.29 is 4.57 Å². The molecule has 0 aliphatic heterocycles. The predicted octanol–water partition coefficient (Wildman–Crippen LogP) is 8.12. The lowest BCUT2D eigenvalue weighted by atomic mass is 9.86. The third-order valence-electron chi connectivity index (χ3n) is 8.03. The van der Waals surface area contributed by atoms with E-state index in [1.54, 1.807) is 0 Å². The third kappa shape index (κ3) is 2.89. The van der Waals surface area contributed by atoms with Crippen molar-refractivity contribution in [1.29, 1.82) is 0 Å². The van der Waals surface area contributed by atoms with E-state index in [9.17, 15) is 0 Å². The molecule has 0 amide bonds. The summed E-state index contributed by atoms with van der Waals surface area (Å²) in [7, 11) is 2.11. The van der Waals surface area contributed by atoms with E-state index in [1.165, 1.54) is 60.2 Å². The fourth-order valence-corrected chi connectivity index (χ4v) is 6.56. The SMILES string of the molecule is [C-]#[N+]c1ccc2c(c1)c1ccc3nc[n+](C)c4c5c(C)c6cc(CC(C)(C)C)ccc6c(C)c5n2c1c34. The molecule has 0 aliphatic carbocycles. The van der Waals surface area contributed by atoms with Crippen LogP contribution in [0.25, 0.3) is 64.7 Å². The molecule has 4 nitrogen and oxygen atoms in total. The van der Waals surface area contributed by atoms with Crippen LogP contribution in [0.2, 0.25) is 0 Å². The maximum Gasteiger partial charge on any atom is 0.287 e. The van der Waals surface area contributed by atoms with Crippen molar-refractivity contribution in [3.8, 4) is 0 Å². The van der Waals surface area contributed by atoms with Gasteiger partial charge in [-0.25, -0.2) is 9.41 Å². The number of benzene rings is 4. The average molecular weight is 482 g/mol. The van der Waals surface area contributed by atoms with Gasteiger partial charge < -0.3 is 4.40 Å². The second-order valence-corrected chi connectivity index (χ2v) is 11.8. The molecule has 180 valence electrons. The van der Waals surface area contributed by atoms with Crippen LogP contribution in [0.4, 0.5) is 5.69 Å². The first-order chi connectivity index (χ1) is 17.7. The Hall–Kier alpha value is -4.23. The van der Waals surface area contributed by atoms with Gasteiger partial charge in [-0.1, -0.05) is 45.0 Å². The van der Waals surface area contributed by atoms with E-state index in [1.807, 2.05) is 18.5 Å². The summed E-state index contributed by atoms with van der Waals surface area (Å²) in [4.78, 5) is 8.54. The van der Waals surface area contributed by atoms with Gasteiger partial charge in [0.05, 0.1) is 40.9 Å². The molecule has 37 heavy (non-hydrogen) atoms. The normalized spacial score (nSPS) is 12.7. The van der Waals surface area contributed by atoms with Crippen molar-refractivity contribution in [2.24, 2.45) is 12.5 Å². The van der Waals surface area contributed by atoms with Gasteiger partial charge in [-0.15, -0.1) is 0 Å². The van der Waals surface area contributed by atoms with Gasteiger partial charge in [-0.05, 0) is 87.8 Å². The molecular weight excluding hydrogens is 452 g/mol.